The van der Waals surface area contributed by atoms with E-state index in [4.69, 9.17) is 10.5 Å². The highest BCUT2D eigenvalue weighted by Crippen LogP contribution is 2.21. The molecule has 1 aromatic carbocycles. The van der Waals surface area contributed by atoms with E-state index in [9.17, 15) is 9.59 Å². The van der Waals surface area contributed by atoms with E-state index in [0.29, 0.717) is 30.3 Å². The fraction of sp³-hybridized carbons (Fsp3) is 0.312. The van der Waals surface area contributed by atoms with Crippen LogP contribution >= 0.6 is 0 Å². The molecule has 0 saturated heterocycles. The van der Waals surface area contributed by atoms with Crippen molar-refractivity contribution in [2.45, 2.75) is 26.8 Å². The minimum atomic E-state index is -0.687. The van der Waals surface area contributed by atoms with Crippen molar-refractivity contribution in [1.29, 1.82) is 0 Å². The standard InChI is InChI=1S/C16H20N4O3/c1-3-9-20-10-18-13(14(17)21)15(20)19-16(22)11-7-5-6-8-12(11)23-4-2/h5-8,10H,3-4,9H2,1-2H3,(H2,17,21)(H,19,22). The molecule has 1 aromatic heterocycles. The Morgan fingerprint density at radius 3 is 2.70 bits per heavy atom. The average Bonchev–Trinajstić information content (AvgIpc) is 2.91. The predicted octanol–water partition coefficient (Wildman–Crippen LogP) is 2.04. The number of carbonyl (C=O) groups excluding carboxylic acids is 2. The van der Waals surface area contributed by atoms with Crippen LogP contribution in [-0.2, 0) is 6.54 Å². The number of hydrogen-bond acceptors (Lipinski definition) is 4. The molecule has 23 heavy (non-hydrogen) atoms. The Balaban J connectivity index is 2.33. The molecule has 2 amide bonds. The fourth-order valence-electron chi connectivity index (χ4n) is 2.21. The normalized spacial score (nSPS) is 10.3. The molecule has 0 spiro atoms. The Kier molecular flexibility index (Phi) is 5.35. The second-order valence-corrected chi connectivity index (χ2v) is 4.88. The maximum atomic E-state index is 12.6. The second kappa shape index (κ2) is 7.44. The highest BCUT2D eigenvalue weighted by atomic mass is 16.5. The van der Waals surface area contributed by atoms with Crippen molar-refractivity contribution in [2.75, 3.05) is 11.9 Å². The molecule has 122 valence electrons. The number of aryl methyl sites for hydroxylation is 1. The van der Waals surface area contributed by atoms with Crippen LogP contribution in [0.15, 0.2) is 30.6 Å². The Morgan fingerprint density at radius 2 is 2.04 bits per heavy atom. The number of benzene rings is 1. The number of para-hydroxylation sites is 1. The van der Waals surface area contributed by atoms with Crippen LogP contribution in [0.1, 0.15) is 41.1 Å². The Hall–Kier alpha value is -2.83. The van der Waals surface area contributed by atoms with E-state index in [2.05, 4.69) is 10.3 Å². The second-order valence-electron chi connectivity index (χ2n) is 4.88. The first-order valence-electron chi connectivity index (χ1n) is 7.46. The molecule has 0 fully saturated rings. The number of nitrogens with one attached hydrogen (secondary N) is 1. The van der Waals surface area contributed by atoms with Gasteiger partial charge in [0.2, 0.25) is 0 Å². The third-order valence-corrected chi connectivity index (χ3v) is 3.20. The van der Waals surface area contributed by atoms with E-state index >= 15 is 0 Å². The molecule has 0 saturated carbocycles. The van der Waals surface area contributed by atoms with Crippen LogP contribution in [0.25, 0.3) is 0 Å². The molecule has 0 aliphatic rings. The largest absolute Gasteiger partial charge is 0.493 e. The van der Waals surface area contributed by atoms with E-state index in [1.54, 1.807) is 28.8 Å². The molecule has 7 nitrogen and oxygen atoms in total. The lowest BCUT2D eigenvalue weighted by Gasteiger charge is -2.12. The fourth-order valence-corrected chi connectivity index (χ4v) is 2.21. The summed E-state index contributed by atoms with van der Waals surface area (Å²) in [6, 6.07) is 6.91. The summed E-state index contributed by atoms with van der Waals surface area (Å²) in [4.78, 5) is 28.0. The monoisotopic (exact) mass is 316 g/mol. The predicted molar refractivity (Wildman–Crippen MR) is 86.6 cm³/mol. The summed E-state index contributed by atoms with van der Waals surface area (Å²) in [5.41, 5.74) is 5.75. The van der Waals surface area contributed by atoms with Crippen molar-refractivity contribution in [1.82, 2.24) is 9.55 Å². The number of primary amides is 1. The van der Waals surface area contributed by atoms with Gasteiger partial charge in [-0.2, -0.15) is 0 Å². The average molecular weight is 316 g/mol. The molecule has 0 unspecified atom stereocenters. The molecule has 3 N–H and O–H groups in total. The van der Waals surface area contributed by atoms with Gasteiger partial charge in [0.15, 0.2) is 5.69 Å². The Morgan fingerprint density at radius 1 is 1.30 bits per heavy atom. The zero-order valence-corrected chi connectivity index (χ0v) is 13.2. The summed E-state index contributed by atoms with van der Waals surface area (Å²) in [5.74, 6) is -0.284. The maximum Gasteiger partial charge on any atom is 0.271 e. The van der Waals surface area contributed by atoms with Gasteiger partial charge < -0.3 is 20.4 Å². The van der Waals surface area contributed by atoms with Gasteiger partial charge in [0, 0.05) is 6.54 Å². The maximum absolute atomic E-state index is 12.6. The molecule has 2 rings (SSSR count). The molecule has 1 heterocycles. The smallest absolute Gasteiger partial charge is 0.271 e. The van der Waals surface area contributed by atoms with Crippen molar-refractivity contribution in [3.63, 3.8) is 0 Å². The van der Waals surface area contributed by atoms with Crippen LogP contribution in [0.3, 0.4) is 0 Å². The summed E-state index contributed by atoms with van der Waals surface area (Å²) in [5, 5.41) is 2.72. The number of amides is 2. The van der Waals surface area contributed by atoms with Gasteiger partial charge in [0.25, 0.3) is 11.8 Å². The van der Waals surface area contributed by atoms with Gasteiger partial charge in [0.05, 0.1) is 18.5 Å². The molecule has 7 heteroatoms. The van der Waals surface area contributed by atoms with Gasteiger partial charge >= 0.3 is 0 Å². The zero-order chi connectivity index (χ0) is 16.8. The summed E-state index contributed by atoms with van der Waals surface area (Å²) in [6.45, 7) is 4.89. The number of rotatable bonds is 7. The minimum Gasteiger partial charge on any atom is -0.493 e. The third-order valence-electron chi connectivity index (χ3n) is 3.20. The van der Waals surface area contributed by atoms with Gasteiger partial charge in [-0.3, -0.25) is 9.59 Å². The molecule has 0 atom stereocenters. The quantitative estimate of drug-likeness (QED) is 0.816. The van der Waals surface area contributed by atoms with E-state index < -0.39 is 5.91 Å². The third kappa shape index (κ3) is 3.68. The van der Waals surface area contributed by atoms with Crippen LogP contribution in [-0.4, -0.2) is 28.0 Å². The number of aromatic nitrogens is 2. The number of nitrogens with zero attached hydrogens (tertiary/aromatic N) is 2. The van der Waals surface area contributed by atoms with Crippen LogP contribution in [0.4, 0.5) is 5.82 Å². The number of carbonyl (C=O) groups is 2. The highest BCUT2D eigenvalue weighted by molar-refractivity contribution is 6.08. The highest BCUT2D eigenvalue weighted by Gasteiger charge is 2.20. The zero-order valence-electron chi connectivity index (χ0n) is 13.2. The van der Waals surface area contributed by atoms with Crippen molar-refractivity contribution < 1.29 is 14.3 Å². The first-order chi connectivity index (χ1) is 11.1. The van der Waals surface area contributed by atoms with Crippen molar-refractivity contribution >= 4 is 17.6 Å². The number of hydrogen-bond donors (Lipinski definition) is 2. The topological polar surface area (TPSA) is 99.2 Å². The van der Waals surface area contributed by atoms with Gasteiger partial charge in [-0.25, -0.2) is 4.98 Å². The summed E-state index contributed by atoms with van der Waals surface area (Å²) in [7, 11) is 0. The van der Waals surface area contributed by atoms with Gasteiger partial charge in [-0.1, -0.05) is 19.1 Å². The van der Waals surface area contributed by atoms with Crippen LogP contribution in [0, 0.1) is 0 Å². The Labute approximate surface area is 134 Å². The summed E-state index contributed by atoms with van der Waals surface area (Å²) < 4.78 is 7.15. The minimum absolute atomic E-state index is 0.0423. The SMILES string of the molecule is CCCn1cnc(C(N)=O)c1NC(=O)c1ccccc1OCC. The van der Waals surface area contributed by atoms with Gasteiger partial charge in [0.1, 0.15) is 11.6 Å². The number of nitrogens with two attached hydrogens (primary N) is 1. The van der Waals surface area contributed by atoms with Crippen LogP contribution < -0.4 is 15.8 Å². The lowest BCUT2D eigenvalue weighted by Crippen LogP contribution is -2.20. The Bertz CT molecular complexity index is 709. The lowest BCUT2D eigenvalue weighted by molar-refractivity contribution is 0.0997. The molecule has 0 aliphatic heterocycles. The molecule has 0 bridgehead atoms. The van der Waals surface area contributed by atoms with Crippen LogP contribution in [0.5, 0.6) is 5.75 Å². The molecular weight excluding hydrogens is 296 g/mol. The van der Waals surface area contributed by atoms with E-state index in [1.165, 1.54) is 6.33 Å². The number of anilines is 1. The van der Waals surface area contributed by atoms with Crippen molar-refractivity contribution in [3.8, 4) is 5.75 Å². The summed E-state index contributed by atoms with van der Waals surface area (Å²) in [6.07, 6.45) is 2.32. The first kappa shape index (κ1) is 16.5. The molecule has 0 radical (unpaired) electrons. The number of ether oxygens (including phenoxy) is 1. The lowest BCUT2D eigenvalue weighted by atomic mass is 10.2. The van der Waals surface area contributed by atoms with E-state index in [-0.39, 0.29) is 11.6 Å². The number of imidazole rings is 1. The molecule has 2 aromatic rings. The van der Waals surface area contributed by atoms with Crippen molar-refractivity contribution in [3.05, 3.63) is 41.9 Å². The van der Waals surface area contributed by atoms with Gasteiger partial charge in [-0.05, 0) is 25.5 Å². The first-order valence-corrected chi connectivity index (χ1v) is 7.46. The molecule has 0 aliphatic carbocycles. The van der Waals surface area contributed by atoms with E-state index in [1.807, 2.05) is 13.8 Å². The molecular formula is C16H20N4O3. The van der Waals surface area contributed by atoms with Gasteiger partial charge in [-0.15, -0.1) is 0 Å². The van der Waals surface area contributed by atoms with Crippen molar-refractivity contribution in [2.24, 2.45) is 5.73 Å². The summed E-state index contributed by atoms with van der Waals surface area (Å²) >= 11 is 0. The van der Waals surface area contributed by atoms with Crippen LogP contribution in [0.2, 0.25) is 0 Å². The van der Waals surface area contributed by atoms with E-state index in [0.717, 1.165) is 6.42 Å².